The van der Waals surface area contributed by atoms with Gasteiger partial charge in [0.05, 0.1) is 29.0 Å². The minimum Gasteiger partial charge on any atom is -0.466 e. The summed E-state index contributed by atoms with van der Waals surface area (Å²) in [5.41, 5.74) is 5.04. The maximum atomic E-state index is 13.9. The van der Waals surface area contributed by atoms with Gasteiger partial charge in [-0.1, -0.05) is 66.8 Å². The van der Waals surface area contributed by atoms with Gasteiger partial charge >= 0.3 is 5.97 Å². The predicted molar refractivity (Wildman–Crippen MR) is 144 cm³/mol. The summed E-state index contributed by atoms with van der Waals surface area (Å²) in [5, 5.41) is 1.11. The van der Waals surface area contributed by atoms with Gasteiger partial charge in [-0.3, -0.25) is 9.36 Å². The van der Waals surface area contributed by atoms with E-state index in [9.17, 15) is 9.59 Å². The zero-order chi connectivity index (χ0) is 25.6. The molecule has 7 heteroatoms. The van der Waals surface area contributed by atoms with E-state index >= 15 is 0 Å². The van der Waals surface area contributed by atoms with Crippen LogP contribution in [-0.4, -0.2) is 22.2 Å². The summed E-state index contributed by atoms with van der Waals surface area (Å²) < 4.78 is 9.68. The summed E-state index contributed by atoms with van der Waals surface area (Å²) in [4.78, 5) is 32.2. The second-order valence-corrected chi connectivity index (χ2v) is 10.2. The molecule has 2 aromatic heterocycles. The van der Waals surface area contributed by atoms with Crippen LogP contribution in [0.5, 0.6) is 0 Å². The van der Waals surface area contributed by atoms with E-state index in [1.54, 1.807) is 4.57 Å². The number of nitrogens with zero attached hydrogens (tertiary/aromatic N) is 3. The Kier molecular flexibility index (Phi) is 6.26. The average molecular weight is 500 g/mol. The number of rotatable bonds is 5. The highest BCUT2D eigenvalue weighted by Gasteiger charge is 2.33. The fourth-order valence-electron chi connectivity index (χ4n) is 5.21. The number of aromatic nitrogens is 2. The van der Waals surface area contributed by atoms with E-state index in [-0.39, 0.29) is 11.6 Å². The van der Waals surface area contributed by atoms with E-state index in [1.165, 1.54) is 18.4 Å². The SMILES string of the molecule is CCC1=C(C(=O)OC)[C@@H](c2ccccc2)n2c(s/c(=C/c3c(C)n(C(C)C)c4ccccc34)c2=O)=N1. The number of carbonyl (C=O) groups excluding carboxylic acids is 1. The highest BCUT2D eigenvalue weighted by Crippen LogP contribution is 2.32. The van der Waals surface area contributed by atoms with Crippen LogP contribution in [0.25, 0.3) is 17.0 Å². The highest BCUT2D eigenvalue weighted by atomic mass is 32.1. The Morgan fingerprint density at radius 2 is 1.83 bits per heavy atom. The Bertz CT molecular complexity index is 1690. The Hall–Kier alpha value is -3.71. The minimum atomic E-state index is -0.592. The molecule has 0 saturated heterocycles. The molecule has 0 unspecified atom stereocenters. The van der Waals surface area contributed by atoms with Crippen molar-refractivity contribution in [3.63, 3.8) is 0 Å². The van der Waals surface area contributed by atoms with E-state index in [4.69, 9.17) is 9.73 Å². The normalized spacial score (nSPS) is 15.9. The molecular formula is C29H29N3O3S. The number of hydrogen-bond acceptors (Lipinski definition) is 5. The molecule has 0 N–H and O–H groups in total. The summed E-state index contributed by atoms with van der Waals surface area (Å²) >= 11 is 1.36. The number of esters is 1. The fraction of sp³-hybridized carbons (Fsp3) is 0.276. The number of benzene rings is 2. The summed E-state index contributed by atoms with van der Waals surface area (Å²) in [5.74, 6) is -0.463. The molecule has 0 bridgehead atoms. The van der Waals surface area contributed by atoms with Crippen LogP contribution in [-0.2, 0) is 9.53 Å². The van der Waals surface area contributed by atoms with Gasteiger partial charge in [0.25, 0.3) is 5.56 Å². The quantitative estimate of drug-likeness (QED) is 0.376. The molecular weight excluding hydrogens is 470 g/mol. The Morgan fingerprint density at radius 1 is 1.14 bits per heavy atom. The monoisotopic (exact) mass is 499 g/mol. The molecule has 1 aliphatic heterocycles. The van der Waals surface area contributed by atoms with Gasteiger partial charge in [0.1, 0.15) is 0 Å². The maximum absolute atomic E-state index is 13.9. The third-order valence-corrected chi connectivity index (χ3v) is 7.75. The molecule has 0 radical (unpaired) electrons. The van der Waals surface area contributed by atoms with Gasteiger partial charge in [0.15, 0.2) is 4.80 Å². The third kappa shape index (κ3) is 3.75. The molecule has 0 fully saturated rings. The number of methoxy groups -OCH3 is 1. The fourth-order valence-corrected chi connectivity index (χ4v) is 6.21. The second-order valence-electron chi connectivity index (χ2n) is 9.18. The van der Waals surface area contributed by atoms with Crippen molar-refractivity contribution in [2.24, 2.45) is 4.99 Å². The van der Waals surface area contributed by atoms with Crippen LogP contribution < -0.4 is 14.9 Å². The first-order valence-corrected chi connectivity index (χ1v) is 13.0. The second kappa shape index (κ2) is 9.39. The van der Waals surface area contributed by atoms with Gasteiger partial charge in [-0.05, 0) is 44.9 Å². The van der Waals surface area contributed by atoms with Gasteiger partial charge in [-0.15, -0.1) is 0 Å². The van der Waals surface area contributed by atoms with Crippen molar-refractivity contribution in [2.75, 3.05) is 7.11 Å². The summed E-state index contributed by atoms with van der Waals surface area (Å²) in [6.45, 7) is 8.39. The molecule has 0 aliphatic carbocycles. The Morgan fingerprint density at radius 3 is 2.50 bits per heavy atom. The van der Waals surface area contributed by atoms with Crippen LogP contribution in [0.4, 0.5) is 0 Å². The molecule has 0 saturated carbocycles. The minimum absolute atomic E-state index is 0.162. The molecule has 5 rings (SSSR count). The van der Waals surface area contributed by atoms with Gasteiger partial charge in [-0.25, -0.2) is 9.79 Å². The van der Waals surface area contributed by atoms with E-state index in [0.29, 0.717) is 27.0 Å². The molecule has 2 aromatic carbocycles. The van der Waals surface area contributed by atoms with Crippen LogP contribution in [0, 0.1) is 6.92 Å². The largest absolute Gasteiger partial charge is 0.466 e. The number of carbonyl (C=O) groups is 1. The number of para-hydroxylation sites is 1. The molecule has 36 heavy (non-hydrogen) atoms. The lowest BCUT2D eigenvalue weighted by Crippen LogP contribution is -2.40. The molecule has 0 spiro atoms. The number of allylic oxidation sites excluding steroid dienone is 1. The lowest BCUT2D eigenvalue weighted by Gasteiger charge is -2.25. The smallest absolute Gasteiger partial charge is 0.338 e. The van der Waals surface area contributed by atoms with Crippen LogP contribution in [0.2, 0.25) is 0 Å². The maximum Gasteiger partial charge on any atom is 0.338 e. The summed E-state index contributed by atoms with van der Waals surface area (Å²) in [6, 6.07) is 17.6. The van der Waals surface area contributed by atoms with Crippen LogP contribution in [0.15, 0.2) is 75.7 Å². The summed E-state index contributed by atoms with van der Waals surface area (Å²) in [6.07, 6.45) is 2.54. The topological polar surface area (TPSA) is 65.6 Å². The van der Waals surface area contributed by atoms with Crippen molar-refractivity contribution in [3.05, 3.63) is 102 Å². The zero-order valence-corrected chi connectivity index (χ0v) is 21.9. The Balaban J connectivity index is 1.81. The molecule has 6 nitrogen and oxygen atoms in total. The molecule has 4 aromatic rings. The first kappa shape index (κ1) is 24.0. The lowest BCUT2D eigenvalue weighted by molar-refractivity contribution is -0.136. The molecule has 1 atom stereocenters. The van der Waals surface area contributed by atoms with Crippen molar-refractivity contribution in [2.45, 2.75) is 46.2 Å². The van der Waals surface area contributed by atoms with Crippen LogP contribution in [0.1, 0.15) is 56.1 Å². The van der Waals surface area contributed by atoms with Crippen molar-refractivity contribution in [1.82, 2.24) is 9.13 Å². The first-order valence-electron chi connectivity index (χ1n) is 12.1. The van der Waals surface area contributed by atoms with E-state index < -0.39 is 12.0 Å². The highest BCUT2D eigenvalue weighted by molar-refractivity contribution is 7.07. The number of hydrogen-bond donors (Lipinski definition) is 0. The van der Waals surface area contributed by atoms with Crippen molar-refractivity contribution >= 4 is 34.3 Å². The Labute approximate surface area is 213 Å². The van der Waals surface area contributed by atoms with E-state index in [1.807, 2.05) is 55.5 Å². The predicted octanol–water partition coefficient (Wildman–Crippen LogP) is 4.64. The molecule has 0 amide bonds. The van der Waals surface area contributed by atoms with Crippen LogP contribution in [0.3, 0.4) is 0 Å². The standard InChI is InChI=1S/C29H29N3O3S/c1-6-22-25(28(34)35-5)26(19-12-8-7-9-13-19)32-27(33)24(36-29(32)30-22)16-21-18(4)31(17(2)3)23-15-11-10-14-20(21)23/h7-17,26H,6H2,1-5H3/b24-16+/t26-/m1/s1. The number of thiazole rings is 1. The van der Waals surface area contributed by atoms with Crippen molar-refractivity contribution < 1.29 is 9.53 Å². The van der Waals surface area contributed by atoms with Gasteiger partial charge in [0.2, 0.25) is 0 Å². The molecule has 3 heterocycles. The van der Waals surface area contributed by atoms with Gasteiger partial charge in [-0.2, -0.15) is 0 Å². The average Bonchev–Trinajstić information content (AvgIpc) is 3.36. The van der Waals surface area contributed by atoms with Gasteiger partial charge in [0, 0.05) is 28.2 Å². The van der Waals surface area contributed by atoms with Crippen molar-refractivity contribution in [1.29, 1.82) is 0 Å². The lowest BCUT2D eigenvalue weighted by atomic mass is 9.95. The van der Waals surface area contributed by atoms with Gasteiger partial charge < -0.3 is 9.30 Å². The molecule has 1 aliphatic rings. The van der Waals surface area contributed by atoms with Crippen molar-refractivity contribution in [3.8, 4) is 0 Å². The number of fused-ring (bicyclic) bond motifs is 2. The van der Waals surface area contributed by atoms with Crippen LogP contribution >= 0.6 is 11.3 Å². The number of ether oxygens (including phenoxy) is 1. The van der Waals surface area contributed by atoms with E-state index in [2.05, 4.69) is 37.5 Å². The molecule has 184 valence electrons. The zero-order valence-electron chi connectivity index (χ0n) is 21.1. The van der Waals surface area contributed by atoms with E-state index in [0.717, 1.165) is 27.7 Å². The third-order valence-electron chi connectivity index (χ3n) is 6.76. The summed E-state index contributed by atoms with van der Waals surface area (Å²) in [7, 11) is 1.36. The first-order chi connectivity index (χ1) is 17.4.